The Morgan fingerprint density at radius 2 is 1.96 bits per heavy atom. The van der Waals surface area contributed by atoms with Crippen molar-refractivity contribution in [1.82, 2.24) is 4.90 Å². The zero-order valence-electron chi connectivity index (χ0n) is 16.6. The van der Waals surface area contributed by atoms with E-state index >= 15 is 0 Å². The Morgan fingerprint density at radius 1 is 1.14 bits per heavy atom. The van der Waals surface area contributed by atoms with E-state index in [1.54, 1.807) is 7.11 Å². The highest BCUT2D eigenvalue weighted by atomic mass is 16.5. The molecule has 2 aromatic carbocycles. The number of nitrogens with zero attached hydrogens (tertiary/aromatic N) is 1. The topological polar surface area (TPSA) is 51.2 Å². The Hall–Kier alpha value is -1.92. The Balaban J connectivity index is 1.52. The van der Waals surface area contributed by atoms with E-state index in [-0.39, 0.29) is 6.10 Å². The number of rotatable bonds is 11. The number of ether oxygens (including phenoxy) is 3. The van der Waals surface area contributed by atoms with Crippen LogP contribution in [0.15, 0.2) is 54.6 Å². The maximum Gasteiger partial charge on any atom is 0.119 e. The number of aliphatic hydroxyl groups is 1. The first-order chi connectivity index (χ1) is 13.7. The highest BCUT2D eigenvalue weighted by molar-refractivity contribution is 5.28. The summed E-state index contributed by atoms with van der Waals surface area (Å²) < 4.78 is 16.9. The summed E-state index contributed by atoms with van der Waals surface area (Å²) in [6, 6.07) is 18.1. The second-order valence-corrected chi connectivity index (χ2v) is 7.34. The van der Waals surface area contributed by atoms with Crippen LogP contribution in [0.5, 0.6) is 5.75 Å². The fourth-order valence-corrected chi connectivity index (χ4v) is 3.55. The summed E-state index contributed by atoms with van der Waals surface area (Å²) in [6.45, 7) is 3.76. The van der Waals surface area contributed by atoms with Gasteiger partial charge in [0.1, 0.15) is 5.75 Å². The molecule has 5 nitrogen and oxygen atoms in total. The zero-order valence-corrected chi connectivity index (χ0v) is 16.6. The van der Waals surface area contributed by atoms with E-state index in [2.05, 4.69) is 11.0 Å². The Kier molecular flexibility index (Phi) is 8.30. The van der Waals surface area contributed by atoms with E-state index in [1.807, 2.05) is 48.5 Å². The van der Waals surface area contributed by atoms with Crippen LogP contribution in [-0.2, 0) is 22.6 Å². The van der Waals surface area contributed by atoms with E-state index in [9.17, 15) is 5.11 Å². The molecule has 2 atom stereocenters. The van der Waals surface area contributed by atoms with Gasteiger partial charge < -0.3 is 19.3 Å². The van der Waals surface area contributed by atoms with E-state index < -0.39 is 6.10 Å². The largest absolute Gasteiger partial charge is 0.497 e. The molecule has 0 aliphatic carbocycles. The molecule has 3 rings (SSSR count). The van der Waals surface area contributed by atoms with E-state index in [4.69, 9.17) is 14.2 Å². The molecule has 1 aliphatic heterocycles. The average molecular weight is 386 g/mol. The zero-order chi connectivity index (χ0) is 19.6. The molecular weight excluding hydrogens is 354 g/mol. The van der Waals surface area contributed by atoms with Crippen LogP contribution >= 0.6 is 0 Å². The third-order valence-electron chi connectivity index (χ3n) is 4.92. The van der Waals surface area contributed by atoms with Crippen LogP contribution in [0, 0.1) is 0 Å². The van der Waals surface area contributed by atoms with E-state index in [1.165, 1.54) is 0 Å². The first-order valence-corrected chi connectivity index (χ1v) is 9.99. The number of methoxy groups -OCH3 is 1. The molecule has 1 heterocycles. The molecule has 28 heavy (non-hydrogen) atoms. The van der Waals surface area contributed by atoms with Crippen molar-refractivity contribution >= 4 is 0 Å². The molecule has 0 aromatic heterocycles. The molecule has 152 valence electrons. The lowest BCUT2D eigenvalue weighted by molar-refractivity contribution is -0.00288. The summed E-state index contributed by atoms with van der Waals surface area (Å²) in [7, 11) is 1.68. The van der Waals surface area contributed by atoms with Gasteiger partial charge >= 0.3 is 0 Å². The molecule has 1 aliphatic rings. The van der Waals surface area contributed by atoms with Crippen LogP contribution in [0.2, 0.25) is 0 Å². The second kappa shape index (κ2) is 11.2. The number of hydrogen-bond donors (Lipinski definition) is 1. The van der Waals surface area contributed by atoms with Gasteiger partial charge in [-0.25, -0.2) is 0 Å². The SMILES string of the molecule is COc1cccc(CN(C[C@H](O)COCc2ccccc2)C[C@H]2CCCO2)c1. The van der Waals surface area contributed by atoms with Crippen LogP contribution in [-0.4, -0.2) is 55.6 Å². The normalized spacial score (nSPS) is 17.8. The molecule has 1 saturated heterocycles. The number of benzene rings is 2. The smallest absolute Gasteiger partial charge is 0.119 e. The number of hydrogen-bond acceptors (Lipinski definition) is 5. The average Bonchev–Trinajstić information content (AvgIpc) is 3.22. The Labute approximate surface area is 167 Å². The van der Waals surface area contributed by atoms with Crippen LogP contribution in [0.25, 0.3) is 0 Å². The molecule has 0 radical (unpaired) electrons. The van der Waals surface area contributed by atoms with Gasteiger partial charge in [-0.05, 0) is 36.1 Å². The van der Waals surface area contributed by atoms with Crippen molar-refractivity contribution in [2.24, 2.45) is 0 Å². The van der Waals surface area contributed by atoms with Crippen LogP contribution < -0.4 is 4.74 Å². The van der Waals surface area contributed by atoms with Crippen molar-refractivity contribution in [3.8, 4) is 5.75 Å². The Bertz CT molecular complexity index is 688. The van der Waals surface area contributed by atoms with Gasteiger partial charge in [0.15, 0.2) is 0 Å². The second-order valence-electron chi connectivity index (χ2n) is 7.34. The van der Waals surface area contributed by atoms with Gasteiger partial charge in [0, 0.05) is 26.2 Å². The molecule has 5 heteroatoms. The third kappa shape index (κ3) is 6.91. The first-order valence-electron chi connectivity index (χ1n) is 9.99. The maximum absolute atomic E-state index is 10.5. The molecule has 0 unspecified atom stereocenters. The van der Waals surface area contributed by atoms with Gasteiger partial charge in [0.05, 0.1) is 32.5 Å². The fourth-order valence-electron chi connectivity index (χ4n) is 3.55. The van der Waals surface area contributed by atoms with E-state index in [0.29, 0.717) is 19.8 Å². The highest BCUT2D eigenvalue weighted by Gasteiger charge is 2.21. The summed E-state index contributed by atoms with van der Waals surface area (Å²) in [5.41, 5.74) is 2.28. The van der Waals surface area contributed by atoms with Crippen LogP contribution in [0.4, 0.5) is 0 Å². The quantitative estimate of drug-likeness (QED) is 0.643. The highest BCUT2D eigenvalue weighted by Crippen LogP contribution is 2.18. The lowest BCUT2D eigenvalue weighted by Crippen LogP contribution is -2.39. The minimum atomic E-state index is -0.546. The molecular formula is C23H31NO4. The predicted octanol–water partition coefficient (Wildman–Crippen LogP) is 3.25. The lowest BCUT2D eigenvalue weighted by Gasteiger charge is -2.27. The monoisotopic (exact) mass is 385 g/mol. The molecule has 0 bridgehead atoms. The number of aliphatic hydroxyl groups excluding tert-OH is 1. The lowest BCUT2D eigenvalue weighted by atomic mass is 10.1. The van der Waals surface area contributed by atoms with Crippen molar-refractivity contribution in [2.45, 2.75) is 38.2 Å². The van der Waals surface area contributed by atoms with Crippen LogP contribution in [0.1, 0.15) is 24.0 Å². The Morgan fingerprint density at radius 3 is 2.71 bits per heavy atom. The molecule has 2 aromatic rings. The predicted molar refractivity (Wildman–Crippen MR) is 109 cm³/mol. The van der Waals surface area contributed by atoms with Gasteiger partial charge in [0.2, 0.25) is 0 Å². The van der Waals surface area contributed by atoms with Crippen molar-refractivity contribution in [3.63, 3.8) is 0 Å². The van der Waals surface area contributed by atoms with Gasteiger partial charge in [-0.15, -0.1) is 0 Å². The van der Waals surface area contributed by atoms with Crippen molar-refractivity contribution in [1.29, 1.82) is 0 Å². The fraction of sp³-hybridized carbons (Fsp3) is 0.478. The summed E-state index contributed by atoms with van der Waals surface area (Å²) in [6.07, 6.45) is 1.88. The van der Waals surface area contributed by atoms with Gasteiger partial charge in [-0.3, -0.25) is 4.90 Å². The molecule has 1 fully saturated rings. The summed E-state index contributed by atoms with van der Waals surface area (Å²) in [4.78, 5) is 2.25. The van der Waals surface area contributed by atoms with Crippen molar-refractivity contribution in [2.75, 3.05) is 33.4 Å². The molecule has 0 saturated carbocycles. The standard InChI is InChI=1S/C23H31NO4/c1-26-22-10-5-9-20(13-22)14-24(16-23-11-6-12-28-23)15-21(25)18-27-17-19-7-3-2-4-8-19/h2-5,7-10,13,21,23,25H,6,11-12,14-18H2,1H3/t21-,23+/m0/s1. The maximum atomic E-state index is 10.5. The minimum Gasteiger partial charge on any atom is -0.497 e. The molecule has 0 amide bonds. The van der Waals surface area contributed by atoms with Crippen molar-refractivity contribution in [3.05, 3.63) is 65.7 Å². The summed E-state index contributed by atoms with van der Waals surface area (Å²) in [5.74, 6) is 0.848. The van der Waals surface area contributed by atoms with Crippen molar-refractivity contribution < 1.29 is 19.3 Å². The van der Waals surface area contributed by atoms with Gasteiger partial charge in [-0.1, -0.05) is 42.5 Å². The van der Waals surface area contributed by atoms with Gasteiger partial charge in [-0.2, -0.15) is 0 Å². The summed E-state index contributed by atoms with van der Waals surface area (Å²) >= 11 is 0. The molecule has 1 N–H and O–H groups in total. The minimum absolute atomic E-state index is 0.239. The van der Waals surface area contributed by atoms with E-state index in [0.717, 1.165) is 49.4 Å². The van der Waals surface area contributed by atoms with Gasteiger partial charge in [0.25, 0.3) is 0 Å². The van der Waals surface area contributed by atoms with Crippen LogP contribution in [0.3, 0.4) is 0 Å². The molecule has 0 spiro atoms. The third-order valence-corrected chi connectivity index (χ3v) is 4.92. The summed E-state index contributed by atoms with van der Waals surface area (Å²) in [5, 5.41) is 10.5. The first kappa shape index (κ1) is 20.8.